The van der Waals surface area contributed by atoms with E-state index in [1.807, 2.05) is 49.0 Å². The van der Waals surface area contributed by atoms with Crippen LogP contribution in [0.4, 0.5) is 5.69 Å². The average molecular weight is 455 g/mol. The predicted octanol–water partition coefficient (Wildman–Crippen LogP) is 5.81. The summed E-state index contributed by atoms with van der Waals surface area (Å²) in [6, 6.07) is 24.5. The molecule has 0 aliphatic carbocycles. The van der Waals surface area contributed by atoms with Gasteiger partial charge in [-0.05, 0) is 36.2 Å². The summed E-state index contributed by atoms with van der Waals surface area (Å²) in [4.78, 5) is 19.1. The molecule has 0 atom stereocenters. The zero-order valence-corrected chi connectivity index (χ0v) is 19.8. The number of hydrogen-bond donors (Lipinski definition) is 0. The number of nitrogens with zero attached hydrogens (tertiary/aromatic N) is 4. The Labute approximate surface area is 196 Å². The highest BCUT2D eigenvalue weighted by atomic mass is 32.1. The van der Waals surface area contributed by atoms with Crippen molar-refractivity contribution in [3.05, 3.63) is 99.0 Å². The highest BCUT2D eigenvalue weighted by molar-refractivity contribution is 7.07. The molecule has 0 bridgehead atoms. The van der Waals surface area contributed by atoms with E-state index in [0.717, 1.165) is 34.8 Å². The molecule has 0 spiro atoms. The molecule has 5 nitrogen and oxygen atoms in total. The number of benzene rings is 3. The summed E-state index contributed by atoms with van der Waals surface area (Å²) in [5.41, 5.74) is 4.37. The van der Waals surface area contributed by atoms with Gasteiger partial charge in [-0.1, -0.05) is 67.6 Å². The standard InChI is InChI=1S/C27H26N4OS/c1-4-17-30-24(23-16-10-12-20-11-8-9-15-22(20)23)18-33-27(30)28-25-19(2)29(3)31(26(25)32)21-13-6-5-7-14-21/h5-16,18H,4,17H2,1-3H3. The van der Waals surface area contributed by atoms with Gasteiger partial charge < -0.3 is 4.57 Å². The first kappa shape index (κ1) is 21.2. The van der Waals surface area contributed by atoms with Crippen molar-refractivity contribution in [1.82, 2.24) is 13.9 Å². The van der Waals surface area contributed by atoms with Crippen LogP contribution in [0.25, 0.3) is 27.7 Å². The van der Waals surface area contributed by atoms with E-state index >= 15 is 0 Å². The van der Waals surface area contributed by atoms with Crippen LogP contribution >= 0.6 is 11.3 Å². The van der Waals surface area contributed by atoms with Crippen LogP contribution < -0.4 is 10.4 Å². The molecule has 0 radical (unpaired) electrons. The maximum absolute atomic E-state index is 13.4. The van der Waals surface area contributed by atoms with Gasteiger partial charge in [0, 0.05) is 24.5 Å². The fraction of sp³-hybridized carbons (Fsp3) is 0.185. The van der Waals surface area contributed by atoms with Crippen LogP contribution in [0, 0.1) is 6.92 Å². The molecule has 33 heavy (non-hydrogen) atoms. The first-order valence-electron chi connectivity index (χ1n) is 11.2. The molecule has 0 aliphatic heterocycles. The van der Waals surface area contributed by atoms with E-state index in [-0.39, 0.29) is 5.56 Å². The largest absolute Gasteiger partial charge is 0.316 e. The van der Waals surface area contributed by atoms with Crippen molar-refractivity contribution < 1.29 is 0 Å². The van der Waals surface area contributed by atoms with E-state index in [0.29, 0.717) is 5.69 Å². The minimum atomic E-state index is -0.107. The zero-order valence-electron chi connectivity index (χ0n) is 19.0. The smallest absolute Gasteiger partial charge is 0.297 e. The van der Waals surface area contributed by atoms with Crippen LogP contribution in [0.15, 0.2) is 88.0 Å². The monoisotopic (exact) mass is 454 g/mol. The molecule has 0 fully saturated rings. The van der Waals surface area contributed by atoms with Crippen LogP contribution in [0.3, 0.4) is 0 Å². The molecule has 0 N–H and O–H groups in total. The van der Waals surface area contributed by atoms with E-state index in [1.54, 1.807) is 16.0 Å². The Balaban J connectivity index is 1.72. The molecule has 0 aliphatic rings. The van der Waals surface area contributed by atoms with Crippen molar-refractivity contribution in [2.24, 2.45) is 12.0 Å². The maximum atomic E-state index is 13.4. The normalized spacial score (nSPS) is 12.0. The third-order valence-electron chi connectivity index (χ3n) is 6.04. The topological polar surface area (TPSA) is 44.2 Å². The Morgan fingerprint density at radius 1 is 0.939 bits per heavy atom. The molecule has 0 amide bonds. The lowest BCUT2D eigenvalue weighted by Crippen LogP contribution is -2.20. The molecule has 3 aromatic carbocycles. The van der Waals surface area contributed by atoms with Crippen LogP contribution in [-0.2, 0) is 13.6 Å². The Morgan fingerprint density at radius 3 is 2.45 bits per heavy atom. The Kier molecular flexibility index (Phi) is 5.60. The summed E-state index contributed by atoms with van der Waals surface area (Å²) < 4.78 is 5.79. The van der Waals surface area contributed by atoms with Crippen molar-refractivity contribution in [3.63, 3.8) is 0 Å². The lowest BCUT2D eigenvalue weighted by Gasteiger charge is -2.10. The van der Waals surface area contributed by atoms with Crippen molar-refractivity contribution >= 4 is 27.8 Å². The molecule has 6 heteroatoms. The van der Waals surface area contributed by atoms with Gasteiger partial charge in [0.15, 0.2) is 10.5 Å². The maximum Gasteiger partial charge on any atom is 0.297 e. The van der Waals surface area contributed by atoms with Gasteiger partial charge in [-0.25, -0.2) is 9.67 Å². The molecule has 2 aromatic heterocycles. The third-order valence-corrected chi connectivity index (χ3v) is 6.91. The second-order valence-corrected chi connectivity index (χ2v) is 8.94. The highest BCUT2D eigenvalue weighted by Gasteiger charge is 2.17. The van der Waals surface area contributed by atoms with Gasteiger partial charge in [-0.15, -0.1) is 11.3 Å². The molecule has 5 rings (SSSR count). The minimum Gasteiger partial charge on any atom is -0.316 e. The summed E-state index contributed by atoms with van der Waals surface area (Å²) in [5.74, 6) is 0. The summed E-state index contributed by atoms with van der Waals surface area (Å²) in [7, 11) is 1.90. The first-order valence-corrected chi connectivity index (χ1v) is 12.0. The molecule has 0 unspecified atom stereocenters. The Bertz CT molecular complexity index is 1560. The summed E-state index contributed by atoms with van der Waals surface area (Å²) in [5, 5.41) is 4.59. The summed E-state index contributed by atoms with van der Waals surface area (Å²) >= 11 is 1.58. The van der Waals surface area contributed by atoms with Crippen molar-refractivity contribution in [2.75, 3.05) is 0 Å². The minimum absolute atomic E-state index is 0.107. The average Bonchev–Trinajstić information content (AvgIpc) is 3.33. The van der Waals surface area contributed by atoms with Crippen LogP contribution in [0.5, 0.6) is 0 Å². The Morgan fingerprint density at radius 2 is 1.67 bits per heavy atom. The van der Waals surface area contributed by atoms with Gasteiger partial charge in [-0.2, -0.15) is 0 Å². The molecular formula is C27H26N4OS. The number of para-hydroxylation sites is 1. The van der Waals surface area contributed by atoms with Gasteiger partial charge in [0.05, 0.1) is 17.1 Å². The number of thiazole rings is 1. The van der Waals surface area contributed by atoms with E-state index in [9.17, 15) is 4.79 Å². The second-order valence-electron chi connectivity index (χ2n) is 8.10. The zero-order chi connectivity index (χ0) is 22.9. The van der Waals surface area contributed by atoms with Gasteiger partial charge in [0.2, 0.25) is 0 Å². The predicted molar refractivity (Wildman–Crippen MR) is 137 cm³/mol. The number of rotatable bonds is 5. The van der Waals surface area contributed by atoms with E-state index in [1.165, 1.54) is 16.3 Å². The SMILES string of the molecule is CCCn1c(-c2cccc3ccccc23)csc1=Nc1c(C)n(C)n(-c2ccccc2)c1=O. The number of fused-ring (bicyclic) bond motifs is 1. The molecule has 166 valence electrons. The molecular weight excluding hydrogens is 428 g/mol. The van der Waals surface area contributed by atoms with E-state index in [4.69, 9.17) is 4.99 Å². The number of aromatic nitrogens is 3. The van der Waals surface area contributed by atoms with Gasteiger partial charge in [-0.3, -0.25) is 9.48 Å². The fourth-order valence-corrected chi connectivity index (χ4v) is 5.23. The molecule has 2 heterocycles. The summed E-state index contributed by atoms with van der Waals surface area (Å²) in [6.07, 6.45) is 0.976. The molecule has 5 aromatic rings. The van der Waals surface area contributed by atoms with Crippen LogP contribution in [-0.4, -0.2) is 13.9 Å². The Hall–Kier alpha value is -3.64. The van der Waals surface area contributed by atoms with Crippen LogP contribution in [0.2, 0.25) is 0 Å². The van der Waals surface area contributed by atoms with Crippen molar-refractivity contribution in [3.8, 4) is 16.9 Å². The lowest BCUT2D eigenvalue weighted by atomic mass is 10.0. The fourth-order valence-electron chi connectivity index (χ4n) is 4.30. The van der Waals surface area contributed by atoms with Crippen LogP contribution in [0.1, 0.15) is 19.0 Å². The third kappa shape index (κ3) is 3.66. The highest BCUT2D eigenvalue weighted by Crippen LogP contribution is 2.29. The van der Waals surface area contributed by atoms with E-state index in [2.05, 4.69) is 59.3 Å². The lowest BCUT2D eigenvalue weighted by molar-refractivity contribution is 0.630. The molecule has 0 saturated carbocycles. The van der Waals surface area contributed by atoms with Crippen molar-refractivity contribution in [1.29, 1.82) is 0 Å². The quantitative estimate of drug-likeness (QED) is 0.330. The van der Waals surface area contributed by atoms with Gasteiger partial charge in [0.25, 0.3) is 5.56 Å². The molecule has 0 saturated heterocycles. The summed E-state index contributed by atoms with van der Waals surface area (Å²) in [6.45, 7) is 4.94. The van der Waals surface area contributed by atoms with Gasteiger partial charge in [0.1, 0.15) is 0 Å². The van der Waals surface area contributed by atoms with Gasteiger partial charge >= 0.3 is 0 Å². The second kappa shape index (κ2) is 8.71. The van der Waals surface area contributed by atoms with E-state index < -0.39 is 0 Å². The number of hydrogen-bond acceptors (Lipinski definition) is 3. The van der Waals surface area contributed by atoms with Crippen molar-refractivity contribution in [2.45, 2.75) is 26.8 Å². The first-order chi connectivity index (χ1) is 16.1.